The van der Waals surface area contributed by atoms with E-state index in [9.17, 15) is 4.79 Å². The lowest BCUT2D eigenvalue weighted by Gasteiger charge is -2.14. The summed E-state index contributed by atoms with van der Waals surface area (Å²) in [5.41, 5.74) is 0. The van der Waals surface area contributed by atoms with Crippen molar-refractivity contribution in [3.05, 3.63) is 12.1 Å². The van der Waals surface area contributed by atoms with E-state index in [0.717, 1.165) is 7.11 Å². The zero-order chi connectivity index (χ0) is 13.2. The molecule has 0 spiro atoms. The highest BCUT2D eigenvalue weighted by Crippen LogP contribution is 2.43. The van der Waals surface area contributed by atoms with Gasteiger partial charge in [0.1, 0.15) is 0 Å². The maximum atomic E-state index is 11.5. The maximum absolute atomic E-state index is 11.5. The number of methoxy groups -OCH3 is 1. The van der Waals surface area contributed by atoms with Crippen LogP contribution < -0.4 is 0 Å². The average Bonchev–Trinajstić information content (AvgIpc) is 2.49. The van der Waals surface area contributed by atoms with Crippen molar-refractivity contribution >= 4 is 5.97 Å². The molecule has 1 saturated carbocycles. The lowest BCUT2D eigenvalue weighted by molar-refractivity contribution is -0.146. The minimum Gasteiger partial charge on any atom is -0.469 e. The van der Waals surface area contributed by atoms with Crippen LogP contribution in [0.5, 0.6) is 0 Å². The van der Waals surface area contributed by atoms with Gasteiger partial charge in [0.05, 0.1) is 15.8 Å². The Kier molecular flexibility index (Phi) is 0.628. The molecule has 11 heavy (non-hydrogen) atoms. The van der Waals surface area contributed by atoms with Crippen molar-refractivity contribution in [2.75, 3.05) is 7.11 Å². The van der Waals surface area contributed by atoms with Gasteiger partial charge in [0, 0.05) is 5.48 Å². The Hall–Kier alpha value is -0.790. The minimum atomic E-state index is -2.42. The molecule has 2 bridgehead atoms. The van der Waals surface area contributed by atoms with Gasteiger partial charge in [-0.3, -0.25) is 4.79 Å². The zero-order valence-electron chi connectivity index (χ0n) is 12.1. The highest BCUT2D eigenvalue weighted by Gasteiger charge is 2.40. The van der Waals surface area contributed by atoms with Gasteiger partial charge in [-0.1, -0.05) is 12.1 Å². The van der Waals surface area contributed by atoms with E-state index in [1.54, 1.807) is 0 Å². The summed E-state index contributed by atoms with van der Waals surface area (Å²) < 4.78 is 51.4. The molecule has 2 aliphatic rings. The van der Waals surface area contributed by atoms with Crippen molar-refractivity contribution in [1.82, 2.24) is 0 Å². The van der Waals surface area contributed by atoms with Crippen LogP contribution in [0.4, 0.5) is 0 Å². The van der Waals surface area contributed by atoms with E-state index in [4.69, 9.17) is 8.22 Å². The molecule has 60 valence electrons. The molecule has 0 radical (unpaired) electrons. The molecule has 0 aliphatic heterocycles. The molecule has 2 rings (SSSR count). The van der Waals surface area contributed by atoms with Gasteiger partial charge >= 0.3 is 5.97 Å². The van der Waals surface area contributed by atoms with E-state index in [1.807, 2.05) is 0 Å². The van der Waals surface area contributed by atoms with Crippen molar-refractivity contribution in [1.29, 1.82) is 0 Å². The van der Waals surface area contributed by atoms with Crippen LogP contribution in [0.25, 0.3) is 0 Å². The molecule has 0 N–H and O–H groups in total. The summed E-state index contributed by atoms with van der Waals surface area (Å²) in [6.45, 7) is 0. The van der Waals surface area contributed by atoms with Crippen LogP contribution >= 0.6 is 0 Å². The van der Waals surface area contributed by atoms with Gasteiger partial charge in [0.2, 0.25) is 0 Å². The monoisotopic (exact) mass is 158 g/mol. The first-order valence-corrected chi connectivity index (χ1v) is 3.41. The van der Waals surface area contributed by atoms with Gasteiger partial charge in [-0.05, 0) is 24.6 Å². The number of hydrogen-bond acceptors (Lipinski definition) is 2. The van der Waals surface area contributed by atoms with E-state index in [2.05, 4.69) is 4.74 Å². The third-order valence-corrected chi connectivity index (χ3v) is 1.88. The highest BCUT2D eigenvalue weighted by atomic mass is 16.5. The van der Waals surface area contributed by atoms with E-state index in [1.165, 1.54) is 0 Å². The topological polar surface area (TPSA) is 26.3 Å². The fourth-order valence-corrected chi connectivity index (χ4v) is 1.29. The number of allylic oxidation sites excluding steroid dienone is 2. The Morgan fingerprint density at radius 1 is 1.91 bits per heavy atom. The summed E-state index contributed by atoms with van der Waals surface area (Å²) in [7, 11) is 1.12. The molecule has 2 nitrogen and oxygen atoms in total. The summed E-state index contributed by atoms with van der Waals surface area (Å²) in [4.78, 5) is 11.5. The summed E-state index contributed by atoms with van der Waals surface area (Å²) >= 11 is 0. The summed E-state index contributed by atoms with van der Waals surface area (Å²) in [6, 6.07) is -1.09. The Labute approximate surface area is 74.7 Å². The van der Waals surface area contributed by atoms with Crippen molar-refractivity contribution < 1.29 is 17.8 Å². The van der Waals surface area contributed by atoms with Gasteiger partial charge in [-0.25, -0.2) is 0 Å². The molecule has 0 unspecified atom stereocenters. The average molecular weight is 158 g/mol. The molecule has 0 heterocycles. The van der Waals surface area contributed by atoms with E-state index in [-0.39, 0.29) is 6.42 Å². The molecule has 0 aromatic carbocycles. The molecule has 2 aliphatic carbocycles. The Morgan fingerprint density at radius 2 is 2.73 bits per heavy atom. The van der Waals surface area contributed by atoms with Crippen LogP contribution in [0.3, 0.4) is 0 Å². The number of hydrogen-bond donors (Lipinski definition) is 0. The second-order valence-corrected chi connectivity index (χ2v) is 2.55. The maximum Gasteiger partial charge on any atom is 0.309 e. The smallest absolute Gasteiger partial charge is 0.309 e. The lowest BCUT2D eigenvalue weighted by Crippen LogP contribution is -2.19. The molecular weight excluding hydrogens is 140 g/mol. The fourth-order valence-electron chi connectivity index (χ4n) is 1.29. The Morgan fingerprint density at radius 3 is 3.27 bits per heavy atom. The predicted molar refractivity (Wildman–Crippen MR) is 40.9 cm³/mol. The second kappa shape index (κ2) is 2.36. The molecule has 2 heteroatoms. The second-order valence-electron chi connectivity index (χ2n) is 2.55. The van der Waals surface area contributed by atoms with E-state index >= 15 is 0 Å². The number of carbonyl (C=O) groups is 1. The number of ether oxygens (including phenoxy) is 1. The molecule has 0 saturated heterocycles. The van der Waals surface area contributed by atoms with Crippen LogP contribution in [-0.4, -0.2) is 13.1 Å². The van der Waals surface area contributed by atoms with Gasteiger partial charge in [0.25, 0.3) is 0 Å². The lowest BCUT2D eigenvalue weighted by atomic mass is 9.94. The highest BCUT2D eigenvalue weighted by molar-refractivity contribution is 5.73. The molecule has 0 aromatic rings. The molecule has 0 amide bonds. The first-order chi connectivity index (χ1) is 7.64. The molecule has 3 atom stereocenters. The van der Waals surface area contributed by atoms with Crippen LogP contribution in [-0.2, 0) is 9.53 Å². The van der Waals surface area contributed by atoms with Gasteiger partial charge in [0.15, 0.2) is 0 Å². The molecular formula is C9H12O2. The third-order valence-electron chi connectivity index (χ3n) is 1.88. The fraction of sp³-hybridized carbons (Fsp3) is 0.667. The first kappa shape index (κ1) is 2.92. The number of fused-ring (bicyclic) bond motifs is 2. The van der Waals surface area contributed by atoms with Crippen molar-refractivity contribution in [2.24, 2.45) is 17.7 Å². The Balaban J connectivity index is 2.62. The van der Waals surface area contributed by atoms with Gasteiger partial charge < -0.3 is 4.74 Å². The number of rotatable bonds is 1. The van der Waals surface area contributed by atoms with Gasteiger partial charge in [-0.2, -0.15) is 0 Å². The third kappa shape index (κ3) is 0.971. The summed E-state index contributed by atoms with van der Waals surface area (Å²) in [5.74, 6) is -6.17. The largest absolute Gasteiger partial charge is 0.469 e. The van der Waals surface area contributed by atoms with Crippen molar-refractivity contribution in [3.63, 3.8) is 0 Å². The molecule has 1 fully saturated rings. The van der Waals surface area contributed by atoms with E-state index in [0.29, 0.717) is 0 Å². The van der Waals surface area contributed by atoms with Crippen molar-refractivity contribution in [3.8, 4) is 0 Å². The SMILES string of the molecule is [2H]C1=C([2H])[C@@]2([2H])[C@@H](C(=O)OC)C[C@]1([2H])C2([2H])[2H]. The number of esters is 1. The van der Waals surface area contributed by atoms with Crippen LogP contribution in [0.1, 0.15) is 21.0 Å². The molecule has 0 aromatic heterocycles. The summed E-state index contributed by atoms with van der Waals surface area (Å²) in [6.07, 6.45) is -2.70. The van der Waals surface area contributed by atoms with Crippen LogP contribution in [0.2, 0.25) is 0 Å². The summed E-state index contributed by atoms with van der Waals surface area (Å²) in [5, 5.41) is 0. The number of carbonyl (C=O) groups excluding carboxylic acids is 1. The predicted octanol–water partition coefficient (Wildman–Crippen LogP) is 1.37. The first-order valence-electron chi connectivity index (χ1n) is 6.41. The zero-order valence-corrected chi connectivity index (χ0v) is 6.10. The quantitative estimate of drug-likeness (QED) is 0.425. The van der Waals surface area contributed by atoms with Crippen LogP contribution in [0, 0.1) is 17.7 Å². The van der Waals surface area contributed by atoms with Gasteiger partial charge in [-0.15, -0.1) is 0 Å². The van der Waals surface area contributed by atoms with E-state index < -0.39 is 42.2 Å². The van der Waals surface area contributed by atoms with Crippen molar-refractivity contribution in [2.45, 2.75) is 12.8 Å². The standard InChI is InChI=1S/C9H12O2/c1-11-9(10)8-5-6-2-3-7(8)4-6/h2-3,6-8H,4-5H2,1H3/t6-,7+,8-/m0/s1/i2D,3D,4D2,6D,7D. The minimum absolute atomic E-state index is 0.280. The normalized spacial score (nSPS) is 67.2. The Bertz CT molecular complexity index is 433. The van der Waals surface area contributed by atoms with Crippen LogP contribution in [0.15, 0.2) is 12.1 Å².